The van der Waals surface area contributed by atoms with Gasteiger partial charge in [-0.15, -0.1) is 0 Å². The van der Waals surface area contributed by atoms with Crippen LogP contribution in [0.5, 0.6) is 0 Å². The number of hydrogen-bond acceptors (Lipinski definition) is 2. The number of nitrogens with one attached hydrogen (secondary N) is 2. The Kier molecular flexibility index (Phi) is 3.86. The van der Waals surface area contributed by atoms with Crippen molar-refractivity contribution in [2.24, 2.45) is 0 Å². The first-order valence-electron chi connectivity index (χ1n) is 5.68. The van der Waals surface area contributed by atoms with E-state index < -0.39 is 0 Å². The molecule has 0 radical (unpaired) electrons. The second kappa shape index (κ2) is 5.39. The molecular weight excluding hydrogens is 298 g/mol. The minimum atomic E-state index is -0.235. The predicted molar refractivity (Wildman–Crippen MR) is 74.2 cm³/mol. The number of halogens is 1. The summed E-state index contributed by atoms with van der Waals surface area (Å²) in [5.41, 5.74) is 1.55. The average Bonchev–Trinajstić information content (AvgIpc) is 2.76. The Morgan fingerprint density at radius 3 is 2.61 bits per heavy atom. The zero-order valence-electron chi connectivity index (χ0n) is 9.94. The first-order valence-corrected chi connectivity index (χ1v) is 6.60. The van der Waals surface area contributed by atoms with Gasteiger partial charge in [0, 0.05) is 24.5 Å². The average molecular weight is 312 g/mol. The summed E-state index contributed by atoms with van der Waals surface area (Å²) in [5.74, 6) is -0.0957. The minimum absolute atomic E-state index is 0.0825. The van der Waals surface area contributed by atoms with Crippen LogP contribution in [0.1, 0.15) is 6.92 Å². The minimum Gasteiger partial charge on any atom is -0.336 e. The molecule has 1 aromatic rings. The molecule has 1 aromatic carbocycles. The molecule has 1 aliphatic rings. The number of urea groups is 1. The van der Waals surface area contributed by atoms with E-state index in [9.17, 15) is 9.59 Å². The van der Waals surface area contributed by atoms with Crippen LogP contribution in [0.4, 0.5) is 16.2 Å². The molecule has 1 unspecified atom stereocenters. The maximum Gasteiger partial charge on any atom is 0.321 e. The molecule has 0 aromatic heterocycles. The van der Waals surface area contributed by atoms with Crippen molar-refractivity contribution < 1.29 is 9.59 Å². The number of hydrogen-bond donors (Lipinski definition) is 2. The molecular formula is C12H14BrN3O2. The van der Waals surface area contributed by atoms with Crippen LogP contribution in [0, 0.1) is 0 Å². The van der Waals surface area contributed by atoms with Gasteiger partial charge in [0.15, 0.2) is 0 Å². The van der Waals surface area contributed by atoms with E-state index in [1.54, 1.807) is 24.0 Å². The smallest absolute Gasteiger partial charge is 0.321 e. The molecule has 0 aliphatic carbocycles. The number of carbonyl (C=O) groups excluding carboxylic acids is 2. The first-order chi connectivity index (χ1) is 8.58. The van der Waals surface area contributed by atoms with Crippen LogP contribution in [0.3, 0.4) is 0 Å². The van der Waals surface area contributed by atoms with E-state index >= 15 is 0 Å². The van der Waals surface area contributed by atoms with E-state index in [0.29, 0.717) is 13.1 Å². The quantitative estimate of drug-likeness (QED) is 0.838. The summed E-state index contributed by atoms with van der Waals surface area (Å²) in [7, 11) is 0. The Hall–Kier alpha value is -1.56. The number of benzene rings is 1. The second-order valence-corrected chi connectivity index (χ2v) is 5.41. The van der Waals surface area contributed by atoms with Crippen molar-refractivity contribution >= 4 is 39.2 Å². The van der Waals surface area contributed by atoms with E-state index in [4.69, 9.17) is 0 Å². The summed E-state index contributed by atoms with van der Waals surface area (Å²) >= 11 is 3.20. The number of alkyl halides is 1. The lowest BCUT2D eigenvalue weighted by Crippen LogP contribution is -2.27. The van der Waals surface area contributed by atoms with Crippen molar-refractivity contribution in [3.63, 3.8) is 0 Å². The maximum atomic E-state index is 11.5. The van der Waals surface area contributed by atoms with Crippen molar-refractivity contribution in [2.75, 3.05) is 23.3 Å². The summed E-state index contributed by atoms with van der Waals surface area (Å²) in [6.07, 6.45) is 0. The van der Waals surface area contributed by atoms with Gasteiger partial charge in [-0.1, -0.05) is 15.9 Å². The molecule has 1 heterocycles. The highest BCUT2D eigenvalue weighted by Crippen LogP contribution is 2.19. The van der Waals surface area contributed by atoms with Crippen LogP contribution in [0.25, 0.3) is 0 Å². The molecule has 2 N–H and O–H groups in total. The molecule has 1 aliphatic heterocycles. The lowest BCUT2D eigenvalue weighted by Gasteiger charge is -2.15. The highest BCUT2D eigenvalue weighted by Gasteiger charge is 2.20. The van der Waals surface area contributed by atoms with Gasteiger partial charge in [0.25, 0.3) is 0 Å². The summed E-state index contributed by atoms with van der Waals surface area (Å²) in [4.78, 5) is 24.4. The normalized spacial score (nSPS) is 16.3. The Bertz CT molecular complexity index is 459. The number of anilines is 2. The van der Waals surface area contributed by atoms with Crippen molar-refractivity contribution in [1.82, 2.24) is 5.32 Å². The standard InChI is InChI=1S/C12H14BrN3O2/c1-8(13)11(17)15-9-2-4-10(5-3-9)16-7-6-14-12(16)18/h2-5,8H,6-7H2,1H3,(H,14,18)(H,15,17). The Morgan fingerprint density at radius 1 is 1.44 bits per heavy atom. The number of rotatable bonds is 3. The van der Waals surface area contributed by atoms with E-state index in [-0.39, 0.29) is 16.8 Å². The van der Waals surface area contributed by atoms with Crippen LogP contribution in [0.2, 0.25) is 0 Å². The molecule has 1 atom stereocenters. The number of nitrogens with zero attached hydrogens (tertiary/aromatic N) is 1. The first kappa shape index (κ1) is 12.9. The lowest BCUT2D eigenvalue weighted by molar-refractivity contribution is -0.115. The van der Waals surface area contributed by atoms with Crippen LogP contribution in [0.15, 0.2) is 24.3 Å². The Morgan fingerprint density at radius 2 is 2.11 bits per heavy atom. The highest BCUT2D eigenvalue weighted by molar-refractivity contribution is 9.10. The van der Waals surface area contributed by atoms with E-state index in [2.05, 4.69) is 26.6 Å². The van der Waals surface area contributed by atoms with E-state index in [0.717, 1.165) is 11.4 Å². The lowest BCUT2D eigenvalue weighted by atomic mass is 10.2. The van der Waals surface area contributed by atoms with Crippen molar-refractivity contribution in [1.29, 1.82) is 0 Å². The number of carbonyl (C=O) groups is 2. The third-order valence-electron chi connectivity index (χ3n) is 2.66. The van der Waals surface area contributed by atoms with Crippen LogP contribution < -0.4 is 15.5 Å². The molecule has 6 heteroatoms. The Labute approximate surface area is 114 Å². The van der Waals surface area contributed by atoms with Crippen LogP contribution in [-0.2, 0) is 4.79 Å². The van der Waals surface area contributed by atoms with E-state index in [1.165, 1.54) is 0 Å². The predicted octanol–water partition coefficient (Wildman–Crippen LogP) is 1.94. The molecule has 1 saturated heterocycles. The zero-order chi connectivity index (χ0) is 13.1. The summed E-state index contributed by atoms with van der Waals surface area (Å²) in [6.45, 7) is 3.10. The molecule has 96 valence electrons. The third kappa shape index (κ3) is 2.81. The van der Waals surface area contributed by atoms with Crippen LogP contribution >= 0.6 is 15.9 Å². The van der Waals surface area contributed by atoms with Gasteiger partial charge >= 0.3 is 6.03 Å². The molecule has 0 bridgehead atoms. The number of amides is 3. The van der Waals surface area contributed by atoms with E-state index in [1.807, 2.05) is 12.1 Å². The largest absolute Gasteiger partial charge is 0.336 e. The second-order valence-electron chi connectivity index (χ2n) is 4.04. The third-order valence-corrected chi connectivity index (χ3v) is 3.08. The molecule has 1 fully saturated rings. The van der Waals surface area contributed by atoms with Gasteiger partial charge in [0.2, 0.25) is 5.91 Å². The molecule has 5 nitrogen and oxygen atoms in total. The van der Waals surface area contributed by atoms with Crippen molar-refractivity contribution in [2.45, 2.75) is 11.8 Å². The molecule has 3 amide bonds. The zero-order valence-corrected chi connectivity index (χ0v) is 11.5. The fourth-order valence-electron chi connectivity index (χ4n) is 1.68. The van der Waals surface area contributed by atoms with Crippen molar-refractivity contribution in [3.8, 4) is 0 Å². The topological polar surface area (TPSA) is 61.4 Å². The van der Waals surface area contributed by atoms with Gasteiger partial charge in [0.1, 0.15) is 0 Å². The SMILES string of the molecule is CC(Br)C(=O)Nc1ccc(N2CCNC2=O)cc1. The van der Waals surface area contributed by atoms with Gasteiger partial charge in [-0.05, 0) is 31.2 Å². The van der Waals surface area contributed by atoms with Gasteiger partial charge in [-0.3, -0.25) is 9.69 Å². The fourth-order valence-corrected chi connectivity index (χ4v) is 1.80. The van der Waals surface area contributed by atoms with Gasteiger partial charge in [-0.2, -0.15) is 0 Å². The Balaban J connectivity index is 2.06. The van der Waals surface area contributed by atoms with Gasteiger partial charge in [-0.25, -0.2) is 4.79 Å². The molecule has 0 saturated carbocycles. The van der Waals surface area contributed by atoms with Crippen molar-refractivity contribution in [3.05, 3.63) is 24.3 Å². The molecule has 0 spiro atoms. The molecule has 18 heavy (non-hydrogen) atoms. The summed E-state index contributed by atoms with van der Waals surface area (Å²) < 4.78 is 0. The van der Waals surface area contributed by atoms with Gasteiger partial charge < -0.3 is 10.6 Å². The monoisotopic (exact) mass is 311 g/mol. The fraction of sp³-hybridized carbons (Fsp3) is 0.333. The summed E-state index contributed by atoms with van der Waals surface area (Å²) in [6, 6.07) is 7.13. The van der Waals surface area contributed by atoms with Gasteiger partial charge in [0.05, 0.1) is 4.83 Å². The maximum absolute atomic E-state index is 11.5. The highest BCUT2D eigenvalue weighted by atomic mass is 79.9. The molecule has 2 rings (SSSR count). The van der Waals surface area contributed by atoms with Crippen LogP contribution in [-0.4, -0.2) is 29.9 Å². The summed E-state index contributed by atoms with van der Waals surface area (Å²) in [5, 5.41) is 5.51.